The zero-order chi connectivity index (χ0) is 13.5. The topological polar surface area (TPSA) is 50.8 Å². The molecule has 0 aromatic carbocycles. The van der Waals surface area contributed by atoms with Crippen LogP contribution in [0.15, 0.2) is 0 Å². The van der Waals surface area contributed by atoms with Crippen molar-refractivity contribution in [2.24, 2.45) is 5.92 Å². The first-order valence-electron chi connectivity index (χ1n) is 7.37. The number of piperidine rings is 1. The number of rotatable bonds is 5. The van der Waals surface area contributed by atoms with Gasteiger partial charge in [0.2, 0.25) is 5.91 Å². The Bertz CT molecular complexity index is 272. The molecule has 0 radical (unpaired) electrons. The SMILES string of the molecule is COCC(=O)N1CCC(NCC2CCOCC2)CC1. The van der Waals surface area contributed by atoms with E-state index in [2.05, 4.69) is 5.32 Å². The van der Waals surface area contributed by atoms with Crippen molar-refractivity contribution in [1.29, 1.82) is 0 Å². The minimum absolute atomic E-state index is 0.116. The predicted octanol–water partition coefficient (Wildman–Crippen LogP) is 0.640. The van der Waals surface area contributed by atoms with Gasteiger partial charge in [-0.25, -0.2) is 0 Å². The molecule has 0 bridgehead atoms. The molecule has 1 N–H and O–H groups in total. The van der Waals surface area contributed by atoms with Crippen LogP contribution in [0.3, 0.4) is 0 Å². The summed E-state index contributed by atoms with van der Waals surface area (Å²) in [7, 11) is 1.57. The fraction of sp³-hybridized carbons (Fsp3) is 0.929. The monoisotopic (exact) mass is 270 g/mol. The molecule has 2 saturated heterocycles. The highest BCUT2D eigenvalue weighted by molar-refractivity contribution is 5.77. The molecule has 0 unspecified atom stereocenters. The van der Waals surface area contributed by atoms with Crippen molar-refractivity contribution in [3.05, 3.63) is 0 Å². The molecule has 0 saturated carbocycles. The maximum atomic E-state index is 11.7. The summed E-state index contributed by atoms with van der Waals surface area (Å²) in [5, 5.41) is 3.66. The van der Waals surface area contributed by atoms with Gasteiger partial charge in [0, 0.05) is 39.5 Å². The fourth-order valence-electron chi connectivity index (χ4n) is 2.83. The highest BCUT2D eigenvalue weighted by Gasteiger charge is 2.23. The van der Waals surface area contributed by atoms with Gasteiger partial charge in [-0.2, -0.15) is 0 Å². The summed E-state index contributed by atoms with van der Waals surface area (Å²) < 4.78 is 10.3. The Labute approximate surface area is 115 Å². The molecule has 2 fully saturated rings. The van der Waals surface area contributed by atoms with Gasteiger partial charge in [0.1, 0.15) is 6.61 Å². The van der Waals surface area contributed by atoms with E-state index in [1.54, 1.807) is 7.11 Å². The van der Waals surface area contributed by atoms with Crippen molar-refractivity contribution in [3.8, 4) is 0 Å². The van der Waals surface area contributed by atoms with Gasteiger partial charge in [-0.3, -0.25) is 4.79 Å². The lowest BCUT2D eigenvalue weighted by Gasteiger charge is -2.33. The van der Waals surface area contributed by atoms with E-state index in [4.69, 9.17) is 9.47 Å². The van der Waals surface area contributed by atoms with E-state index >= 15 is 0 Å². The van der Waals surface area contributed by atoms with Crippen LogP contribution < -0.4 is 5.32 Å². The molecule has 19 heavy (non-hydrogen) atoms. The number of hydrogen-bond acceptors (Lipinski definition) is 4. The van der Waals surface area contributed by atoms with Crippen molar-refractivity contribution >= 4 is 5.91 Å². The lowest BCUT2D eigenvalue weighted by atomic mass is 9.98. The largest absolute Gasteiger partial charge is 0.381 e. The first-order valence-corrected chi connectivity index (χ1v) is 7.37. The molecule has 2 aliphatic heterocycles. The summed E-state index contributed by atoms with van der Waals surface area (Å²) in [5.74, 6) is 0.882. The molecule has 1 amide bonds. The van der Waals surface area contributed by atoms with Crippen LogP contribution in [0.1, 0.15) is 25.7 Å². The molecule has 0 aliphatic carbocycles. The number of amides is 1. The lowest BCUT2D eigenvalue weighted by Crippen LogP contribution is -2.47. The number of likely N-dealkylation sites (tertiary alicyclic amines) is 1. The molecule has 0 aromatic heterocycles. The van der Waals surface area contributed by atoms with Crippen molar-refractivity contribution in [2.45, 2.75) is 31.7 Å². The standard InChI is InChI=1S/C14H26N2O3/c1-18-11-14(17)16-6-2-13(3-7-16)15-10-12-4-8-19-9-5-12/h12-13,15H,2-11H2,1H3. The first kappa shape index (κ1) is 14.8. The molecule has 2 aliphatic rings. The number of carbonyl (C=O) groups is 1. The van der Waals surface area contributed by atoms with E-state index in [1.165, 1.54) is 12.8 Å². The van der Waals surface area contributed by atoms with E-state index in [9.17, 15) is 4.79 Å². The second kappa shape index (κ2) is 7.82. The zero-order valence-electron chi connectivity index (χ0n) is 11.9. The second-order valence-electron chi connectivity index (χ2n) is 5.55. The van der Waals surface area contributed by atoms with Gasteiger partial charge in [-0.1, -0.05) is 0 Å². The minimum Gasteiger partial charge on any atom is -0.381 e. The molecule has 2 rings (SSSR count). The summed E-state index contributed by atoms with van der Waals surface area (Å²) in [5.41, 5.74) is 0. The Hall–Kier alpha value is -0.650. The Morgan fingerprint density at radius 2 is 1.95 bits per heavy atom. The Kier molecular flexibility index (Phi) is 6.07. The van der Waals surface area contributed by atoms with Crippen LogP contribution in [-0.2, 0) is 14.3 Å². The van der Waals surface area contributed by atoms with Crippen LogP contribution in [0.5, 0.6) is 0 Å². The lowest BCUT2D eigenvalue weighted by molar-refractivity contribution is -0.136. The van der Waals surface area contributed by atoms with Gasteiger partial charge in [0.05, 0.1) is 0 Å². The summed E-state index contributed by atoms with van der Waals surface area (Å²) in [6, 6.07) is 0.564. The van der Waals surface area contributed by atoms with Crippen molar-refractivity contribution in [3.63, 3.8) is 0 Å². The number of nitrogens with one attached hydrogen (secondary N) is 1. The molecule has 0 atom stereocenters. The fourth-order valence-corrected chi connectivity index (χ4v) is 2.83. The number of ether oxygens (including phenoxy) is 2. The predicted molar refractivity (Wildman–Crippen MR) is 73.0 cm³/mol. The normalized spacial score (nSPS) is 22.7. The van der Waals surface area contributed by atoms with Crippen LogP contribution in [0.25, 0.3) is 0 Å². The van der Waals surface area contributed by atoms with E-state index in [0.29, 0.717) is 6.04 Å². The maximum Gasteiger partial charge on any atom is 0.248 e. The third-order valence-corrected chi connectivity index (χ3v) is 4.15. The Morgan fingerprint density at radius 1 is 1.26 bits per heavy atom. The van der Waals surface area contributed by atoms with Gasteiger partial charge in [0.15, 0.2) is 0 Å². The molecule has 5 heteroatoms. The van der Waals surface area contributed by atoms with Crippen molar-refractivity contribution in [1.82, 2.24) is 10.2 Å². The van der Waals surface area contributed by atoms with Crippen LogP contribution in [-0.4, -0.2) is 63.4 Å². The van der Waals surface area contributed by atoms with Gasteiger partial charge >= 0.3 is 0 Å². The molecular weight excluding hydrogens is 244 g/mol. The molecule has 110 valence electrons. The van der Waals surface area contributed by atoms with Gasteiger partial charge < -0.3 is 19.7 Å². The number of methoxy groups -OCH3 is 1. The van der Waals surface area contributed by atoms with Gasteiger partial charge in [-0.15, -0.1) is 0 Å². The molecule has 5 nitrogen and oxygen atoms in total. The van der Waals surface area contributed by atoms with Crippen molar-refractivity contribution < 1.29 is 14.3 Å². The maximum absolute atomic E-state index is 11.7. The summed E-state index contributed by atoms with van der Waals surface area (Å²) in [6.45, 7) is 4.84. The third kappa shape index (κ3) is 4.75. The average molecular weight is 270 g/mol. The van der Waals surface area contributed by atoms with Gasteiger partial charge in [-0.05, 0) is 38.1 Å². The quantitative estimate of drug-likeness (QED) is 0.796. The summed E-state index contributed by atoms with van der Waals surface area (Å²) >= 11 is 0. The molecular formula is C14H26N2O3. The number of nitrogens with zero attached hydrogens (tertiary/aromatic N) is 1. The third-order valence-electron chi connectivity index (χ3n) is 4.15. The molecule has 0 aromatic rings. The Balaban J connectivity index is 1.61. The van der Waals surface area contributed by atoms with Crippen LogP contribution in [0.2, 0.25) is 0 Å². The summed E-state index contributed by atoms with van der Waals surface area (Å²) in [4.78, 5) is 13.6. The van der Waals surface area contributed by atoms with Crippen LogP contribution in [0, 0.1) is 5.92 Å². The first-order chi connectivity index (χ1) is 9.29. The van der Waals surface area contributed by atoms with Gasteiger partial charge in [0.25, 0.3) is 0 Å². The van der Waals surface area contributed by atoms with E-state index in [1.807, 2.05) is 4.90 Å². The van der Waals surface area contributed by atoms with E-state index in [0.717, 1.165) is 51.6 Å². The number of carbonyl (C=O) groups excluding carboxylic acids is 1. The minimum atomic E-state index is 0.116. The molecule has 0 spiro atoms. The Morgan fingerprint density at radius 3 is 2.58 bits per heavy atom. The smallest absolute Gasteiger partial charge is 0.248 e. The molecule has 2 heterocycles. The van der Waals surface area contributed by atoms with Crippen LogP contribution in [0.4, 0.5) is 0 Å². The highest BCUT2D eigenvalue weighted by atomic mass is 16.5. The van der Waals surface area contributed by atoms with E-state index in [-0.39, 0.29) is 12.5 Å². The van der Waals surface area contributed by atoms with E-state index < -0.39 is 0 Å². The van der Waals surface area contributed by atoms with Crippen molar-refractivity contribution in [2.75, 3.05) is 46.6 Å². The number of hydrogen-bond donors (Lipinski definition) is 1. The summed E-state index contributed by atoms with van der Waals surface area (Å²) in [6.07, 6.45) is 4.47. The second-order valence-corrected chi connectivity index (χ2v) is 5.55. The zero-order valence-corrected chi connectivity index (χ0v) is 11.9. The highest BCUT2D eigenvalue weighted by Crippen LogP contribution is 2.15. The van der Waals surface area contributed by atoms with Crippen LogP contribution >= 0.6 is 0 Å². The average Bonchev–Trinajstić information content (AvgIpc) is 2.47.